The van der Waals surface area contributed by atoms with E-state index >= 15 is 0 Å². The van der Waals surface area contributed by atoms with E-state index in [1.807, 2.05) is 42.7 Å². The fourth-order valence-corrected chi connectivity index (χ4v) is 3.71. The van der Waals surface area contributed by atoms with E-state index in [-0.39, 0.29) is 6.04 Å². The van der Waals surface area contributed by atoms with E-state index in [0.717, 1.165) is 33.5 Å². The van der Waals surface area contributed by atoms with Gasteiger partial charge < -0.3 is 20.4 Å². The Labute approximate surface area is 168 Å². The molecule has 1 atom stereocenters. The first-order valence-electron chi connectivity index (χ1n) is 9.29. The number of para-hydroxylation sites is 1. The molecular weight excluding hydrogens is 364 g/mol. The maximum Gasteiger partial charge on any atom is 0.211 e. The number of anilines is 2. The number of hydrogen-bond donors (Lipinski definition) is 3. The first-order chi connectivity index (χ1) is 14.3. The van der Waals surface area contributed by atoms with Crippen LogP contribution in [0.15, 0.2) is 67.0 Å². The van der Waals surface area contributed by atoms with Gasteiger partial charge in [-0.25, -0.2) is 4.98 Å². The van der Waals surface area contributed by atoms with Gasteiger partial charge in [-0.1, -0.05) is 30.3 Å². The molecule has 146 valence electrons. The molecule has 1 aliphatic heterocycles. The van der Waals surface area contributed by atoms with E-state index in [0.29, 0.717) is 6.41 Å². The second kappa shape index (κ2) is 8.16. The van der Waals surface area contributed by atoms with Gasteiger partial charge in [-0.15, -0.1) is 0 Å². The SMILES string of the molecule is COC.O=CNc1ccc(C2Nc3ccccc3-c3ccnc4[nH]cc2c34)cc1. The van der Waals surface area contributed by atoms with Crippen LogP contribution in [0.25, 0.3) is 22.2 Å². The Morgan fingerprint density at radius 3 is 2.55 bits per heavy atom. The predicted octanol–water partition coefficient (Wildman–Crippen LogP) is 4.58. The third-order valence-electron chi connectivity index (χ3n) is 4.90. The summed E-state index contributed by atoms with van der Waals surface area (Å²) in [6.45, 7) is 0. The zero-order chi connectivity index (χ0) is 20.2. The van der Waals surface area contributed by atoms with Crippen molar-refractivity contribution in [3.63, 3.8) is 0 Å². The van der Waals surface area contributed by atoms with Gasteiger partial charge in [-0.3, -0.25) is 4.79 Å². The van der Waals surface area contributed by atoms with E-state index in [2.05, 4.69) is 49.6 Å². The Balaban J connectivity index is 0.000000645. The van der Waals surface area contributed by atoms with Gasteiger partial charge in [0, 0.05) is 54.5 Å². The number of amides is 1. The first-order valence-corrected chi connectivity index (χ1v) is 9.29. The van der Waals surface area contributed by atoms with Crippen LogP contribution in [-0.2, 0) is 9.53 Å². The second-order valence-electron chi connectivity index (χ2n) is 6.74. The predicted molar refractivity (Wildman–Crippen MR) is 116 cm³/mol. The second-order valence-corrected chi connectivity index (χ2v) is 6.74. The minimum atomic E-state index is -0.0133. The van der Waals surface area contributed by atoms with Crippen LogP contribution in [-0.4, -0.2) is 30.6 Å². The van der Waals surface area contributed by atoms with Crippen molar-refractivity contribution in [2.75, 3.05) is 24.9 Å². The number of carbonyl (C=O) groups is 1. The van der Waals surface area contributed by atoms with Crippen molar-refractivity contribution in [1.82, 2.24) is 9.97 Å². The molecule has 1 unspecified atom stereocenters. The topological polar surface area (TPSA) is 79.0 Å². The summed E-state index contributed by atoms with van der Waals surface area (Å²) < 4.78 is 4.25. The summed E-state index contributed by atoms with van der Waals surface area (Å²) in [6, 6.07) is 18.3. The van der Waals surface area contributed by atoms with Crippen molar-refractivity contribution in [3.05, 3.63) is 78.1 Å². The van der Waals surface area contributed by atoms with Gasteiger partial charge in [0.05, 0.1) is 6.04 Å². The van der Waals surface area contributed by atoms with Crippen molar-refractivity contribution < 1.29 is 9.53 Å². The molecule has 0 spiro atoms. The quantitative estimate of drug-likeness (QED) is 0.451. The number of hydrogen-bond acceptors (Lipinski definition) is 4. The lowest BCUT2D eigenvalue weighted by Crippen LogP contribution is -2.11. The number of aromatic amines is 1. The summed E-state index contributed by atoms with van der Waals surface area (Å²) >= 11 is 0. The summed E-state index contributed by atoms with van der Waals surface area (Å²) in [7, 11) is 3.25. The van der Waals surface area contributed by atoms with Crippen LogP contribution in [0.4, 0.5) is 11.4 Å². The molecule has 1 aliphatic rings. The van der Waals surface area contributed by atoms with Crippen LogP contribution in [0.5, 0.6) is 0 Å². The van der Waals surface area contributed by atoms with Crippen molar-refractivity contribution in [1.29, 1.82) is 0 Å². The van der Waals surface area contributed by atoms with Crippen LogP contribution in [0.1, 0.15) is 17.2 Å². The van der Waals surface area contributed by atoms with Gasteiger partial charge in [0.15, 0.2) is 0 Å². The molecule has 4 aromatic rings. The van der Waals surface area contributed by atoms with Gasteiger partial charge >= 0.3 is 0 Å². The van der Waals surface area contributed by atoms with Crippen LogP contribution in [0, 0.1) is 0 Å². The summed E-state index contributed by atoms with van der Waals surface area (Å²) in [5.41, 5.74) is 7.39. The Morgan fingerprint density at radius 1 is 1.03 bits per heavy atom. The highest BCUT2D eigenvalue weighted by Gasteiger charge is 2.25. The molecule has 0 saturated heterocycles. The number of pyridine rings is 1. The van der Waals surface area contributed by atoms with Crippen molar-refractivity contribution in [2.45, 2.75) is 6.04 Å². The number of nitrogens with one attached hydrogen (secondary N) is 3. The third-order valence-corrected chi connectivity index (χ3v) is 4.90. The Hall–Kier alpha value is -3.64. The van der Waals surface area contributed by atoms with Gasteiger partial charge in [-0.2, -0.15) is 0 Å². The lowest BCUT2D eigenvalue weighted by Gasteiger charge is -2.19. The number of nitrogens with zero attached hydrogens (tertiary/aromatic N) is 1. The van der Waals surface area contributed by atoms with Crippen molar-refractivity contribution in [3.8, 4) is 11.1 Å². The molecular formula is C23H22N4O2. The van der Waals surface area contributed by atoms with Crippen molar-refractivity contribution in [2.24, 2.45) is 0 Å². The number of methoxy groups -OCH3 is 1. The molecule has 0 bridgehead atoms. The molecule has 0 aliphatic carbocycles. The molecule has 29 heavy (non-hydrogen) atoms. The summed E-state index contributed by atoms with van der Waals surface area (Å²) in [5.74, 6) is 0. The molecule has 3 N–H and O–H groups in total. The minimum absolute atomic E-state index is 0.0133. The number of carbonyl (C=O) groups excluding carboxylic acids is 1. The molecule has 0 fully saturated rings. The molecule has 2 aromatic heterocycles. The molecule has 5 rings (SSSR count). The maximum atomic E-state index is 10.6. The lowest BCUT2D eigenvalue weighted by atomic mass is 9.97. The van der Waals surface area contributed by atoms with E-state index in [9.17, 15) is 4.79 Å². The molecule has 6 nitrogen and oxygen atoms in total. The molecule has 1 amide bonds. The number of H-pyrrole nitrogens is 1. The van der Waals surface area contributed by atoms with Crippen LogP contribution < -0.4 is 10.6 Å². The smallest absolute Gasteiger partial charge is 0.211 e. The molecule has 3 heterocycles. The lowest BCUT2D eigenvalue weighted by molar-refractivity contribution is -0.105. The highest BCUT2D eigenvalue weighted by Crippen LogP contribution is 2.43. The Kier molecular flexibility index (Phi) is 5.27. The highest BCUT2D eigenvalue weighted by molar-refractivity contribution is 6.01. The van der Waals surface area contributed by atoms with Gasteiger partial charge in [0.25, 0.3) is 0 Å². The third kappa shape index (κ3) is 3.46. The van der Waals surface area contributed by atoms with Gasteiger partial charge in [0.1, 0.15) is 5.65 Å². The fourth-order valence-electron chi connectivity index (χ4n) is 3.71. The van der Waals surface area contributed by atoms with E-state index < -0.39 is 0 Å². The largest absolute Gasteiger partial charge is 0.388 e. The summed E-state index contributed by atoms with van der Waals surface area (Å²) in [6.07, 6.45) is 4.56. The van der Waals surface area contributed by atoms with E-state index in [4.69, 9.17) is 0 Å². The number of fused-ring (bicyclic) bond motifs is 2. The average molecular weight is 386 g/mol. The summed E-state index contributed by atoms with van der Waals surface area (Å²) in [4.78, 5) is 18.4. The normalized spacial score (nSPS) is 14.1. The number of rotatable bonds is 3. The zero-order valence-electron chi connectivity index (χ0n) is 16.3. The van der Waals surface area contributed by atoms with Gasteiger partial charge in [0.2, 0.25) is 6.41 Å². The number of ether oxygens (including phenoxy) is 1. The monoisotopic (exact) mass is 386 g/mol. The average Bonchev–Trinajstić information content (AvgIpc) is 3.12. The molecule has 0 saturated carbocycles. The standard InChI is InChI=1S/C21H16N4O.C2H6O/c26-12-24-14-7-5-13(6-8-14)20-17-11-23-21-19(17)16(9-10-22-21)15-3-1-2-4-18(15)25-20;1-3-2/h1-12,20,25H,(H,22,23)(H,24,26);1-2H3. The van der Waals surface area contributed by atoms with Crippen molar-refractivity contribution >= 4 is 28.8 Å². The van der Waals surface area contributed by atoms with E-state index in [1.54, 1.807) is 14.2 Å². The summed E-state index contributed by atoms with van der Waals surface area (Å²) in [5, 5.41) is 7.50. The first kappa shape index (κ1) is 18.7. The molecule has 2 aromatic carbocycles. The molecule has 6 heteroatoms. The fraction of sp³-hybridized carbons (Fsp3) is 0.130. The Bertz CT molecular complexity index is 1140. The highest BCUT2D eigenvalue weighted by atomic mass is 16.4. The maximum absolute atomic E-state index is 10.6. The minimum Gasteiger partial charge on any atom is -0.388 e. The van der Waals surface area contributed by atoms with Crippen LogP contribution >= 0.6 is 0 Å². The van der Waals surface area contributed by atoms with Gasteiger partial charge in [-0.05, 0) is 35.4 Å². The number of benzene rings is 2. The number of aromatic nitrogens is 2. The molecule has 0 radical (unpaired) electrons. The Morgan fingerprint density at radius 2 is 1.79 bits per heavy atom. The van der Waals surface area contributed by atoms with Crippen LogP contribution in [0.3, 0.4) is 0 Å². The van der Waals surface area contributed by atoms with Crippen LogP contribution in [0.2, 0.25) is 0 Å². The van der Waals surface area contributed by atoms with E-state index in [1.165, 1.54) is 11.1 Å². The zero-order valence-corrected chi connectivity index (χ0v) is 16.3.